The first kappa shape index (κ1) is 24.7. The summed E-state index contributed by atoms with van der Waals surface area (Å²) < 4.78 is 30.2. The highest BCUT2D eigenvalue weighted by Crippen LogP contribution is 2.36. The van der Waals surface area contributed by atoms with E-state index in [1.165, 1.54) is 23.5 Å². The number of nitrogens with zero attached hydrogens (tertiary/aromatic N) is 3. The van der Waals surface area contributed by atoms with Crippen LogP contribution in [0.2, 0.25) is 10.2 Å². The Hall–Kier alpha value is -2.94. The Morgan fingerprint density at radius 1 is 1.15 bits per heavy atom. The average molecular weight is 505 g/mol. The quantitative estimate of drug-likeness (QED) is 0.294. The van der Waals surface area contributed by atoms with Crippen LogP contribution in [-0.2, 0) is 14.8 Å². The molecule has 1 unspecified atom stereocenters. The van der Waals surface area contributed by atoms with Gasteiger partial charge in [-0.2, -0.15) is 8.42 Å². The van der Waals surface area contributed by atoms with Gasteiger partial charge in [-0.15, -0.1) is 4.40 Å². The Kier molecular flexibility index (Phi) is 7.41. The molecule has 2 aromatic carbocycles. The van der Waals surface area contributed by atoms with Crippen molar-refractivity contribution in [2.45, 2.75) is 17.7 Å². The predicted molar refractivity (Wildman–Crippen MR) is 131 cm³/mol. The molecule has 1 atom stereocenters. The number of rotatable bonds is 7. The summed E-state index contributed by atoms with van der Waals surface area (Å²) >= 11 is 12.4. The fourth-order valence-electron chi connectivity index (χ4n) is 3.30. The van der Waals surface area contributed by atoms with Gasteiger partial charge < -0.3 is 10.6 Å². The Morgan fingerprint density at radius 3 is 2.45 bits per heavy atom. The number of aryl methyl sites for hydroxylation is 1. The molecule has 1 aromatic heterocycles. The van der Waals surface area contributed by atoms with Crippen LogP contribution >= 0.6 is 23.2 Å². The highest BCUT2D eigenvalue weighted by molar-refractivity contribution is 7.90. The lowest BCUT2D eigenvalue weighted by Crippen LogP contribution is -2.23. The van der Waals surface area contributed by atoms with Crippen molar-refractivity contribution in [3.05, 3.63) is 81.6 Å². The van der Waals surface area contributed by atoms with Crippen molar-refractivity contribution in [3.8, 4) is 11.1 Å². The minimum atomic E-state index is -4.15. The van der Waals surface area contributed by atoms with Crippen molar-refractivity contribution in [3.63, 3.8) is 0 Å². The minimum absolute atomic E-state index is 0.0973. The maximum atomic E-state index is 13.2. The fourth-order valence-corrected chi connectivity index (χ4v) is 4.82. The van der Waals surface area contributed by atoms with Gasteiger partial charge in [0.25, 0.3) is 10.0 Å². The molecular weight excluding hydrogens is 483 g/mol. The van der Waals surface area contributed by atoms with Crippen LogP contribution in [-0.4, -0.2) is 44.6 Å². The van der Waals surface area contributed by atoms with E-state index in [1.807, 2.05) is 0 Å². The van der Waals surface area contributed by atoms with Gasteiger partial charge in [0.05, 0.1) is 10.8 Å². The van der Waals surface area contributed by atoms with Gasteiger partial charge in [-0.3, -0.25) is 4.79 Å². The number of pyridine rings is 1. The molecule has 1 amide bonds. The van der Waals surface area contributed by atoms with Crippen LogP contribution < -0.4 is 5.73 Å². The molecule has 0 aliphatic heterocycles. The molecule has 3 rings (SSSR count). The highest BCUT2D eigenvalue weighted by Gasteiger charge is 2.27. The second kappa shape index (κ2) is 9.91. The molecule has 0 bridgehead atoms. The second-order valence-corrected chi connectivity index (χ2v) is 9.97. The fraction of sp³-hybridized carbons (Fsp3) is 0.174. The highest BCUT2D eigenvalue weighted by atomic mass is 35.5. The van der Waals surface area contributed by atoms with Crippen LogP contribution in [0.4, 0.5) is 0 Å². The van der Waals surface area contributed by atoms with Gasteiger partial charge in [-0.25, -0.2) is 4.98 Å². The maximum Gasteiger partial charge on any atom is 0.284 e. The normalized spacial score (nSPS) is 12.6. The van der Waals surface area contributed by atoms with Gasteiger partial charge >= 0.3 is 0 Å². The van der Waals surface area contributed by atoms with Crippen LogP contribution in [0.1, 0.15) is 22.6 Å². The molecule has 1 heterocycles. The Labute approximate surface area is 202 Å². The lowest BCUT2D eigenvalue weighted by Gasteiger charge is -2.18. The summed E-state index contributed by atoms with van der Waals surface area (Å²) in [4.78, 5) is 18.0. The first-order valence-electron chi connectivity index (χ1n) is 9.78. The molecule has 172 valence electrons. The van der Waals surface area contributed by atoms with Crippen LogP contribution in [0.15, 0.2) is 64.0 Å². The van der Waals surface area contributed by atoms with Gasteiger partial charge in [0.1, 0.15) is 11.5 Å². The van der Waals surface area contributed by atoms with Gasteiger partial charge in [0.15, 0.2) is 0 Å². The summed E-state index contributed by atoms with van der Waals surface area (Å²) in [6, 6.07) is 13.2. The number of aromatic nitrogens is 1. The third kappa shape index (κ3) is 5.52. The van der Waals surface area contributed by atoms with E-state index in [0.29, 0.717) is 38.0 Å². The zero-order chi connectivity index (χ0) is 24.3. The first-order valence-corrected chi connectivity index (χ1v) is 12.0. The molecule has 0 aliphatic rings. The smallest absolute Gasteiger partial charge is 0.284 e. The largest absolute Gasteiger partial charge is 0.369 e. The number of hydrogen-bond donors (Lipinski definition) is 1. The summed E-state index contributed by atoms with van der Waals surface area (Å²) in [5, 5.41) is 0.663. The van der Waals surface area contributed by atoms with E-state index < -0.39 is 21.8 Å². The molecule has 0 spiro atoms. The summed E-state index contributed by atoms with van der Waals surface area (Å²) in [6.45, 7) is 1.77. The van der Waals surface area contributed by atoms with Crippen LogP contribution in [0, 0.1) is 6.92 Å². The molecular formula is C23H22Cl2N4O3S. The number of carbonyl (C=O) groups is 1. The zero-order valence-corrected chi connectivity index (χ0v) is 20.5. The lowest BCUT2D eigenvalue weighted by atomic mass is 9.89. The average Bonchev–Trinajstić information content (AvgIpc) is 2.75. The topological polar surface area (TPSA) is 106 Å². The number of hydrogen-bond acceptors (Lipinski definition) is 4. The lowest BCUT2D eigenvalue weighted by molar-refractivity contribution is -0.118. The van der Waals surface area contributed by atoms with E-state index in [1.54, 1.807) is 63.5 Å². The van der Waals surface area contributed by atoms with Crippen molar-refractivity contribution < 1.29 is 13.2 Å². The predicted octanol–water partition coefficient (Wildman–Crippen LogP) is 4.26. The standard InChI is InChI=1S/C23H22Cl2N4O3S/c1-14-10-16(12-27-22(14)25)17-9-8-15(11-20(17)33(31,32)28-13-29(2)3)21(23(26)30)18-6-4-5-7-19(18)24/h4-13,21H,1-3H3,(H2,26,30). The monoisotopic (exact) mass is 504 g/mol. The first-order chi connectivity index (χ1) is 15.5. The molecule has 10 heteroatoms. The van der Waals surface area contributed by atoms with Gasteiger partial charge in [-0.05, 0) is 41.8 Å². The Morgan fingerprint density at radius 2 is 1.85 bits per heavy atom. The number of amides is 1. The maximum absolute atomic E-state index is 13.2. The number of halogens is 2. The SMILES string of the molecule is Cc1cc(-c2ccc(C(C(N)=O)c3ccccc3Cl)cc2S(=O)(=O)N=CN(C)C)cnc1Cl. The Balaban J connectivity index is 2.28. The van der Waals surface area contributed by atoms with Gasteiger partial charge in [0.2, 0.25) is 5.91 Å². The van der Waals surface area contributed by atoms with Crippen molar-refractivity contribution >= 4 is 45.5 Å². The van der Waals surface area contributed by atoms with Crippen LogP contribution in [0.5, 0.6) is 0 Å². The second-order valence-electron chi connectivity index (χ2n) is 7.60. The third-order valence-electron chi connectivity index (χ3n) is 4.86. The summed E-state index contributed by atoms with van der Waals surface area (Å²) in [5.74, 6) is -1.62. The molecule has 0 fully saturated rings. The molecule has 3 aromatic rings. The van der Waals surface area contributed by atoms with E-state index in [4.69, 9.17) is 28.9 Å². The van der Waals surface area contributed by atoms with Crippen molar-refractivity contribution in [1.82, 2.24) is 9.88 Å². The van der Waals surface area contributed by atoms with E-state index >= 15 is 0 Å². The number of carbonyl (C=O) groups excluding carboxylic acids is 1. The van der Waals surface area contributed by atoms with E-state index in [0.717, 1.165) is 0 Å². The van der Waals surface area contributed by atoms with Crippen molar-refractivity contribution in [1.29, 1.82) is 0 Å². The summed E-state index contributed by atoms with van der Waals surface area (Å²) in [5.41, 5.74) is 8.14. The van der Waals surface area contributed by atoms with Gasteiger partial charge in [-0.1, -0.05) is 53.5 Å². The molecule has 0 saturated carbocycles. The van der Waals surface area contributed by atoms with E-state index in [-0.39, 0.29) is 4.90 Å². The molecule has 7 nitrogen and oxygen atoms in total. The molecule has 0 saturated heterocycles. The zero-order valence-electron chi connectivity index (χ0n) is 18.2. The molecule has 2 N–H and O–H groups in total. The number of nitrogens with two attached hydrogens (primary N) is 1. The number of sulfonamides is 1. The van der Waals surface area contributed by atoms with E-state index in [9.17, 15) is 13.2 Å². The summed E-state index contributed by atoms with van der Waals surface area (Å²) in [6.07, 6.45) is 2.68. The molecule has 33 heavy (non-hydrogen) atoms. The Bertz CT molecular complexity index is 1340. The van der Waals surface area contributed by atoms with E-state index in [2.05, 4.69) is 9.38 Å². The number of primary amides is 1. The van der Waals surface area contributed by atoms with Gasteiger partial charge in [0, 0.05) is 36.4 Å². The van der Waals surface area contributed by atoms with Crippen molar-refractivity contribution in [2.75, 3.05) is 14.1 Å². The minimum Gasteiger partial charge on any atom is -0.369 e. The number of benzene rings is 2. The van der Waals surface area contributed by atoms with Crippen LogP contribution in [0.3, 0.4) is 0 Å². The molecule has 0 radical (unpaired) electrons. The van der Waals surface area contributed by atoms with Crippen molar-refractivity contribution in [2.24, 2.45) is 10.1 Å². The molecule has 0 aliphatic carbocycles. The summed E-state index contributed by atoms with van der Waals surface area (Å²) in [7, 11) is -0.837. The van der Waals surface area contributed by atoms with Crippen LogP contribution in [0.25, 0.3) is 11.1 Å². The third-order valence-corrected chi connectivity index (χ3v) is 6.87.